The van der Waals surface area contributed by atoms with E-state index in [1.54, 1.807) is 11.3 Å². The maximum Gasteiger partial charge on any atom is 0.263 e. The fraction of sp³-hybridized carbons (Fsp3) is 0.667. The molecule has 1 aromatic heterocycles. The number of ether oxygens (including phenoxy) is 1. The van der Waals surface area contributed by atoms with E-state index in [1.807, 2.05) is 0 Å². The maximum absolute atomic E-state index is 13.1. The lowest BCUT2D eigenvalue weighted by Crippen LogP contribution is -2.41. The largest absolute Gasteiger partial charge is 0.546 e. The Morgan fingerprint density at radius 3 is 2.81 bits per heavy atom. The summed E-state index contributed by atoms with van der Waals surface area (Å²) >= 11 is 1.66. The van der Waals surface area contributed by atoms with Gasteiger partial charge in [-0.1, -0.05) is 20.8 Å². The molecule has 0 unspecified atom stereocenters. The van der Waals surface area contributed by atoms with Crippen molar-refractivity contribution in [3.05, 3.63) is 33.2 Å². The van der Waals surface area contributed by atoms with Crippen molar-refractivity contribution in [3.63, 3.8) is 0 Å². The minimum atomic E-state index is -1.83. The number of carbonyl (C=O) groups excluding carboxylic acids is 1. The maximum atomic E-state index is 13.1. The van der Waals surface area contributed by atoms with Crippen molar-refractivity contribution >= 4 is 25.6 Å². The summed E-state index contributed by atoms with van der Waals surface area (Å²) in [6.45, 7) is 14.5. The number of hydrogen-bond donors (Lipinski definition) is 0. The summed E-state index contributed by atoms with van der Waals surface area (Å²) in [5.41, 5.74) is 1.20. The average Bonchev–Trinajstić information content (AvgIpc) is 3.27. The Kier molecular flexibility index (Phi) is 4.80. The standard InChI is InChI=1S/C21H31NO3SSi/c1-21(2,3)27(4,5)25-17-7-6-14-11-22(12-16(14)17)20(23)19-10-15-13-24-9-8-18(15)26-19/h7,10,14,16H,6,8-9,11-13H2,1-5H3/t14-,16+/m1/s1. The van der Waals surface area contributed by atoms with Gasteiger partial charge in [0, 0.05) is 30.3 Å². The van der Waals surface area contributed by atoms with Crippen molar-refractivity contribution in [2.75, 3.05) is 19.7 Å². The Bertz CT molecular complexity index is 753. The van der Waals surface area contributed by atoms with Crippen LogP contribution in [0.5, 0.6) is 0 Å². The summed E-state index contributed by atoms with van der Waals surface area (Å²) in [6, 6.07) is 2.05. The van der Waals surface area contributed by atoms with Crippen LogP contribution in [0.2, 0.25) is 18.1 Å². The fourth-order valence-electron chi connectivity index (χ4n) is 3.99. The van der Waals surface area contributed by atoms with E-state index in [2.05, 4.69) is 50.9 Å². The number of carbonyl (C=O) groups is 1. The highest BCUT2D eigenvalue weighted by molar-refractivity contribution is 7.14. The van der Waals surface area contributed by atoms with Gasteiger partial charge >= 0.3 is 0 Å². The van der Waals surface area contributed by atoms with E-state index in [0.717, 1.165) is 43.2 Å². The van der Waals surface area contributed by atoms with E-state index >= 15 is 0 Å². The van der Waals surface area contributed by atoms with Crippen LogP contribution in [-0.4, -0.2) is 38.8 Å². The first kappa shape index (κ1) is 19.2. The summed E-state index contributed by atoms with van der Waals surface area (Å²) in [5, 5.41) is 0.193. The second-order valence-corrected chi connectivity index (χ2v) is 15.5. The predicted molar refractivity (Wildman–Crippen MR) is 112 cm³/mol. The molecule has 0 bridgehead atoms. The fourth-order valence-corrected chi connectivity index (χ4v) is 6.24. The highest BCUT2D eigenvalue weighted by Gasteiger charge is 2.46. The van der Waals surface area contributed by atoms with E-state index < -0.39 is 8.32 Å². The Labute approximate surface area is 167 Å². The molecule has 148 valence electrons. The monoisotopic (exact) mass is 405 g/mol. The summed E-state index contributed by atoms with van der Waals surface area (Å²) < 4.78 is 12.1. The molecule has 27 heavy (non-hydrogen) atoms. The molecular weight excluding hydrogens is 374 g/mol. The summed E-state index contributed by atoms with van der Waals surface area (Å²) in [5.74, 6) is 2.24. The third-order valence-electron chi connectivity index (χ3n) is 6.73. The summed E-state index contributed by atoms with van der Waals surface area (Å²) in [7, 11) is -1.83. The summed E-state index contributed by atoms with van der Waals surface area (Å²) in [6.07, 6.45) is 4.26. The van der Waals surface area contributed by atoms with Crippen LogP contribution >= 0.6 is 11.3 Å². The SMILES string of the molecule is CC(C)(C)[Si](C)(C)OC1=CC[C@@H]2CN(C(=O)c3cc4c(s3)CCOC4)C[C@H]12. The van der Waals surface area contributed by atoms with Crippen LogP contribution in [0.4, 0.5) is 0 Å². The van der Waals surface area contributed by atoms with Crippen LogP contribution in [0.25, 0.3) is 0 Å². The predicted octanol–water partition coefficient (Wildman–Crippen LogP) is 4.82. The molecule has 2 atom stereocenters. The van der Waals surface area contributed by atoms with Gasteiger partial charge in [0.05, 0.1) is 23.9 Å². The average molecular weight is 406 g/mol. The first-order valence-corrected chi connectivity index (χ1v) is 13.8. The van der Waals surface area contributed by atoms with Crippen molar-refractivity contribution in [2.24, 2.45) is 11.8 Å². The quantitative estimate of drug-likeness (QED) is 0.677. The highest BCUT2D eigenvalue weighted by Crippen LogP contribution is 2.45. The minimum absolute atomic E-state index is 0.190. The van der Waals surface area contributed by atoms with Crippen LogP contribution in [0, 0.1) is 11.8 Å². The van der Waals surface area contributed by atoms with Gasteiger partial charge in [0.1, 0.15) is 0 Å². The van der Waals surface area contributed by atoms with Crippen LogP contribution < -0.4 is 0 Å². The number of nitrogens with zero attached hydrogens (tertiary/aromatic N) is 1. The number of allylic oxidation sites excluding steroid dienone is 1. The Hall–Kier alpha value is -1.11. The zero-order chi connectivity index (χ0) is 19.4. The lowest BCUT2D eigenvalue weighted by atomic mass is 9.99. The van der Waals surface area contributed by atoms with Gasteiger partial charge in [0.15, 0.2) is 0 Å². The second-order valence-electron chi connectivity index (χ2n) is 9.64. The number of rotatable bonds is 3. The number of fused-ring (bicyclic) bond motifs is 2. The van der Waals surface area contributed by atoms with Gasteiger partial charge < -0.3 is 14.1 Å². The minimum Gasteiger partial charge on any atom is -0.546 e. The molecule has 1 fully saturated rings. The van der Waals surface area contributed by atoms with Gasteiger partial charge in [-0.2, -0.15) is 0 Å². The van der Waals surface area contributed by atoms with Crippen molar-refractivity contribution in [1.29, 1.82) is 0 Å². The van der Waals surface area contributed by atoms with Crippen LogP contribution in [0.15, 0.2) is 17.9 Å². The number of amides is 1. The number of thiophene rings is 1. The van der Waals surface area contributed by atoms with Gasteiger partial charge in [-0.05, 0) is 48.2 Å². The van der Waals surface area contributed by atoms with E-state index in [0.29, 0.717) is 18.4 Å². The highest BCUT2D eigenvalue weighted by atomic mass is 32.1. The Morgan fingerprint density at radius 1 is 1.33 bits per heavy atom. The smallest absolute Gasteiger partial charge is 0.263 e. The third kappa shape index (κ3) is 3.52. The van der Waals surface area contributed by atoms with Crippen LogP contribution in [0.1, 0.15) is 47.3 Å². The molecule has 4 nitrogen and oxygen atoms in total. The second kappa shape index (κ2) is 6.74. The van der Waals surface area contributed by atoms with Crippen molar-refractivity contribution in [3.8, 4) is 0 Å². The molecule has 1 aliphatic carbocycles. The van der Waals surface area contributed by atoms with E-state index in [1.165, 1.54) is 10.4 Å². The first-order valence-electron chi connectivity index (χ1n) is 10.0. The molecule has 1 amide bonds. The first-order chi connectivity index (χ1) is 12.7. The number of likely N-dealkylation sites (tertiary alicyclic amines) is 1. The van der Waals surface area contributed by atoms with Gasteiger partial charge in [-0.15, -0.1) is 11.3 Å². The molecule has 2 aliphatic heterocycles. The molecule has 0 spiro atoms. The molecule has 3 heterocycles. The van der Waals surface area contributed by atoms with Gasteiger partial charge in [-0.25, -0.2) is 0 Å². The zero-order valence-electron chi connectivity index (χ0n) is 17.1. The molecule has 0 saturated carbocycles. The van der Waals surface area contributed by atoms with Gasteiger partial charge in [0.25, 0.3) is 5.91 Å². The van der Waals surface area contributed by atoms with Crippen molar-refractivity contribution in [1.82, 2.24) is 4.90 Å². The molecule has 0 radical (unpaired) electrons. The molecular formula is C21H31NO3SSi. The normalized spacial score (nSPS) is 25.2. The summed E-state index contributed by atoms with van der Waals surface area (Å²) in [4.78, 5) is 17.3. The van der Waals surface area contributed by atoms with Crippen molar-refractivity contribution < 1.29 is 14.0 Å². The van der Waals surface area contributed by atoms with E-state index in [9.17, 15) is 4.79 Å². The zero-order valence-corrected chi connectivity index (χ0v) is 18.9. The number of hydrogen-bond acceptors (Lipinski definition) is 4. The molecule has 3 aliphatic rings. The third-order valence-corrected chi connectivity index (χ3v) is 12.3. The lowest BCUT2D eigenvalue weighted by molar-refractivity contribution is 0.0787. The molecule has 0 N–H and O–H groups in total. The van der Waals surface area contributed by atoms with Crippen molar-refractivity contribution in [2.45, 2.75) is 58.4 Å². The lowest BCUT2D eigenvalue weighted by Gasteiger charge is -2.38. The van der Waals surface area contributed by atoms with Gasteiger partial charge in [0.2, 0.25) is 8.32 Å². The molecule has 4 rings (SSSR count). The Balaban J connectivity index is 1.45. The topological polar surface area (TPSA) is 38.8 Å². The van der Waals surface area contributed by atoms with E-state index in [4.69, 9.17) is 9.16 Å². The molecule has 0 aromatic carbocycles. The Morgan fingerprint density at radius 2 is 2.11 bits per heavy atom. The van der Waals surface area contributed by atoms with Gasteiger partial charge in [-0.3, -0.25) is 4.79 Å². The molecule has 1 saturated heterocycles. The van der Waals surface area contributed by atoms with Crippen LogP contribution in [-0.2, 0) is 22.2 Å². The van der Waals surface area contributed by atoms with E-state index in [-0.39, 0.29) is 10.9 Å². The van der Waals surface area contributed by atoms with Crippen LogP contribution in [0.3, 0.4) is 0 Å². The molecule has 6 heteroatoms. The molecule has 1 aromatic rings.